The van der Waals surface area contributed by atoms with Gasteiger partial charge in [-0.1, -0.05) is 11.6 Å². The minimum absolute atomic E-state index is 0.0373. The largest absolute Gasteiger partial charge is 0.384 e. The second-order valence-corrected chi connectivity index (χ2v) is 5.80. The third-order valence-electron chi connectivity index (χ3n) is 3.27. The number of hydrogen-bond acceptors (Lipinski definition) is 5. The van der Waals surface area contributed by atoms with Crippen LogP contribution in [0.2, 0.25) is 5.02 Å². The predicted molar refractivity (Wildman–Crippen MR) is 82.0 cm³/mol. The van der Waals surface area contributed by atoms with Crippen LogP contribution in [0.15, 0.2) is 12.1 Å². The van der Waals surface area contributed by atoms with Gasteiger partial charge >= 0.3 is 0 Å². The van der Waals surface area contributed by atoms with Crippen molar-refractivity contribution in [3.63, 3.8) is 0 Å². The molecule has 1 aliphatic heterocycles. The Labute approximate surface area is 129 Å². The number of halogens is 1. The summed E-state index contributed by atoms with van der Waals surface area (Å²) in [5, 5.41) is 3.47. The van der Waals surface area contributed by atoms with Crippen LogP contribution in [0.1, 0.15) is 19.5 Å². The number of anilines is 1. The zero-order valence-electron chi connectivity index (χ0n) is 12.3. The lowest BCUT2D eigenvalue weighted by molar-refractivity contribution is -0.133. The molecule has 1 aliphatic rings. The molecule has 0 saturated carbocycles. The number of amides is 1. The van der Waals surface area contributed by atoms with Crippen LogP contribution in [0.3, 0.4) is 0 Å². The lowest BCUT2D eigenvalue weighted by Crippen LogP contribution is -2.54. The minimum Gasteiger partial charge on any atom is -0.384 e. The first-order valence-electron chi connectivity index (χ1n) is 7.00. The first-order valence-corrected chi connectivity index (χ1v) is 7.38. The summed E-state index contributed by atoms with van der Waals surface area (Å²) in [5.41, 5.74) is 6.38. The minimum atomic E-state index is -0.333. The average molecular weight is 313 g/mol. The van der Waals surface area contributed by atoms with Gasteiger partial charge in [-0.2, -0.15) is 0 Å². The van der Waals surface area contributed by atoms with Crippen molar-refractivity contribution in [1.29, 1.82) is 0 Å². The van der Waals surface area contributed by atoms with Crippen LogP contribution in [0.4, 0.5) is 5.82 Å². The lowest BCUT2D eigenvalue weighted by Gasteiger charge is -2.34. The molecule has 0 aromatic carbocycles. The fourth-order valence-electron chi connectivity index (χ4n) is 2.25. The van der Waals surface area contributed by atoms with E-state index in [0.717, 1.165) is 0 Å². The van der Waals surface area contributed by atoms with E-state index in [9.17, 15) is 4.79 Å². The van der Waals surface area contributed by atoms with Gasteiger partial charge in [0.2, 0.25) is 5.91 Å². The van der Waals surface area contributed by atoms with Gasteiger partial charge in [0, 0.05) is 19.1 Å². The van der Waals surface area contributed by atoms with E-state index in [-0.39, 0.29) is 18.0 Å². The van der Waals surface area contributed by atoms with Gasteiger partial charge < -0.3 is 15.8 Å². The second kappa shape index (κ2) is 7.06. The van der Waals surface area contributed by atoms with Crippen molar-refractivity contribution >= 4 is 23.3 Å². The van der Waals surface area contributed by atoms with Crippen LogP contribution in [0.5, 0.6) is 0 Å². The second-order valence-electron chi connectivity index (χ2n) is 5.39. The van der Waals surface area contributed by atoms with Crippen LogP contribution < -0.4 is 11.1 Å². The first kappa shape index (κ1) is 16.0. The summed E-state index contributed by atoms with van der Waals surface area (Å²) in [7, 11) is 0. The van der Waals surface area contributed by atoms with E-state index in [1.807, 2.05) is 18.7 Å². The number of rotatable bonds is 4. The van der Waals surface area contributed by atoms with Gasteiger partial charge in [0.1, 0.15) is 11.9 Å². The molecule has 1 saturated heterocycles. The molecule has 1 atom stereocenters. The molecule has 1 amide bonds. The molecule has 3 N–H and O–H groups in total. The Morgan fingerprint density at radius 2 is 2.38 bits per heavy atom. The highest BCUT2D eigenvalue weighted by molar-refractivity contribution is 6.31. The molecule has 0 aliphatic carbocycles. The van der Waals surface area contributed by atoms with E-state index < -0.39 is 0 Å². The third kappa shape index (κ3) is 4.30. The molecule has 1 aromatic heterocycles. The predicted octanol–water partition coefficient (Wildman–Crippen LogP) is 1.04. The number of hydrogen-bond donors (Lipinski definition) is 2. The fraction of sp³-hybridized carbons (Fsp3) is 0.571. The van der Waals surface area contributed by atoms with E-state index in [2.05, 4.69) is 10.3 Å². The number of morpholine rings is 1. The maximum absolute atomic E-state index is 12.3. The van der Waals surface area contributed by atoms with Crippen LogP contribution in [0.25, 0.3) is 0 Å². The van der Waals surface area contributed by atoms with Gasteiger partial charge in [-0.05, 0) is 26.0 Å². The molecule has 7 heteroatoms. The number of ether oxygens (including phenoxy) is 1. The maximum atomic E-state index is 12.3. The highest BCUT2D eigenvalue weighted by Crippen LogP contribution is 2.19. The number of nitrogen functional groups attached to an aromatic ring is 1. The quantitative estimate of drug-likeness (QED) is 0.868. The highest BCUT2D eigenvalue weighted by Gasteiger charge is 2.30. The zero-order chi connectivity index (χ0) is 15.4. The Balaban J connectivity index is 2.11. The number of nitrogens with two attached hydrogens (primary N) is 1. The van der Waals surface area contributed by atoms with Crippen LogP contribution in [-0.2, 0) is 16.1 Å². The summed E-state index contributed by atoms with van der Waals surface area (Å²) in [5.74, 6) is 0.385. The molecule has 1 fully saturated rings. The molecule has 116 valence electrons. The van der Waals surface area contributed by atoms with E-state index in [1.165, 1.54) is 0 Å². The molecular formula is C14H21ClN4O2. The number of aromatic nitrogens is 1. The maximum Gasteiger partial charge on any atom is 0.239 e. The average Bonchev–Trinajstić information content (AvgIpc) is 2.42. The number of pyridine rings is 1. The number of nitrogens with one attached hydrogen (secondary N) is 1. The Bertz CT molecular complexity index is 510. The van der Waals surface area contributed by atoms with Gasteiger partial charge in [-0.3, -0.25) is 9.69 Å². The first-order chi connectivity index (χ1) is 9.97. The summed E-state index contributed by atoms with van der Waals surface area (Å²) in [6.45, 7) is 5.96. The molecule has 1 aromatic rings. The fourth-order valence-corrected chi connectivity index (χ4v) is 2.42. The van der Waals surface area contributed by atoms with Crippen molar-refractivity contribution in [2.75, 3.05) is 25.5 Å². The number of nitrogens with zero attached hydrogens (tertiary/aromatic N) is 2. The molecular weight excluding hydrogens is 292 g/mol. The van der Waals surface area contributed by atoms with E-state index in [0.29, 0.717) is 42.8 Å². The van der Waals surface area contributed by atoms with Crippen molar-refractivity contribution in [3.8, 4) is 0 Å². The van der Waals surface area contributed by atoms with Gasteiger partial charge in [0.05, 0.1) is 23.9 Å². The Kier molecular flexibility index (Phi) is 5.39. The lowest BCUT2D eigenvalue weighted by atomic mass is 10.2. The molecule has 21 heavy (non-hydrogen) atoms. The zero-order valence-corrected chi connectivity index (χ0v) is 13.1. The summed E-state index contributed by atoms with van der Waals surface area (Å²) in [6, 6.07) is 3.15. The molecule has 2 heterocycles. The van der Waals surface area contributed by atoms with Crippen molar-refractivity contribution in [3.05, 3.63) is 22.8 Å². The summed E-state index contributed by atoms with van der Waals surface area (Å²) in [4.78, 5) is 18.5. The summed E-state index contributed by atoms with van der Waals surface area (Å²) < 4.78 is 5.43. The standard InChI is InChI=1S/C14H21ClN4O2/c1-9(2)17-14(20)12-8-21-6-5-19(12)7-11-10(15)3-4-13(16)18-11/h3-4,9,12H,5-8H2,1-2H3,(H2,16,18)(H,17,20). The Morgan fingerprint density at radius 3 is 3.10 bits per heavy atom. The number of carbonyl (C=O) groups excluding carboxylic acids is 1. The van der Waals surface area contributed by atoms with Gasteiger partial charge in [-0.15, -0.1) is 0 Å². The normalized spacial score (nSPS) is 19.7. The Hall–Kier alpha value is -1.37. The molecule has 6 nitrogen and oxygen atoms in total. The topological polar surface area (TPSA) is 80.5 Å². The van der Waals surface area contributed by atoms with Crippen LogP contribution >= 0.6 is 11.6 Å². The monoisotopic (exact) mass is 312 g/mol. The summed E-state index contributed by atoms with van der Waals surface area (Å²) >= 11 is 6.15. The third-order valence-corrected chi connectivity index (χ3v) is 3.61. The molecule has 0 bridgehead atoms. The van der Waals surface area contributed by atoms with E-state index in [4.69, 9.17) is 22.1 Å². The van der Waals surface area contributed by atoms with Crippen molar-refractivity contribution in [2.45, 2.75) is 32.5 Å². The van der Waals surface area contributed by atoms with Crippen molar-refractivity contribution in [1.82, 2.24) is 15.2 Å². The van der Waals surface area contributed by atoms with Crippen LogP contribution in [-0.4, -0.2) is 47.6 Å². The summed E-state index contributed by atoms with van der Waals surface area (Å²) in [6.07, 6.45) is 0. The number of carbonyl (C=O) groups is 1. The molecule has 0 radical (unpaired) electrons. The van der Waals surface area contributed by atoms with E-state index >= 15 is 0 Å². The SMILES string of the molecule is CC(C)NC(=O)C1COCCN1Cc1nc(N)ccc1Cl. The van der Waals surface area contributed by atoms with Crippen molar-refractivity contribution in [2.24, 2.45) is 0 Å². The van der Waals surface area contributed by atoms with Crippen LogP contribution in [0, 0.1) is 0 Å². The smallest absolute Gasteiger partial charge is 0.239 e. The van der Waals surface area contributed by atoms with Gasteiger partial charge in [0.25, 0.3) is 0 Å². The van der Waals surface area contributed by atoms with E-state index in [1.54, 1.807) is 12.1 Å². The molecule has 1 unspecified atom stereocenters. The highest BCUT2D eigenvalue weighted by atomic mass is 35.5. The van der Waals surface area contributed by atoms with Crippen molar-refractivity contribution < 1.29 is 9.53 Å². The molecule has 0 spiro atoms. The Morgan fingerprint density at radius 1 is 1.62 bits per heavy atom. The molecule has 2 rings (SSSR count). The van der Waals surface area contributed by atoms with Gasteiger partial charge in [0.15, 0.2) is 0 Å². The van der Waals surface area contributed by atoms with Gasteiger partial charge in [-0.25, -0.2) is 4.98 Å².